The fourth-order valence-electron chi connectivity index (χ4n) is 1.73. The molecule has 0 aliphatic carbocycles. The Hall–Kier alpha value is -2.76. The number of nitrogens with two attached hydrogens (primary N) is 1. The van der Waals surface area contributed by atoms with E-state index in [4.69, 9.17) is 10.5 Å². The summed E-state index contributed by atoms with van der Waals surface area (Å²) in [6.45, 7) is 0. The van der Waals surface area contributed by atoms with Crippen molar-refractivity contribution in [1.29, 1.82) is 0 Å². The smallest absolute Gasteiger partial charge is 0.263 e. The zero-order chi connectivity index (χ0) is 14.1. The Labute approximate surface area is 112 Å². The third kappa shape index (κ3) is 2.23. The van der Waals surface area contributed by atoms with Gasteiger partial charge in [-0.1, -0.05) is 12.1 Å². The normalized spacial score (nSPS) is 10.7. The Kier molecular flexibility index (Phi) is 2.90. The van der Waals surface area contributed by atoms with Crippen LogP contribution >= 0.6 is 0 Å². The average molecular weight is 273 g/mol. The number of fused-ring (bicyclic) bond motifs is 1. The fraction of sp³-hybridized carbons (Fsp3) is 0. The first-order valence-electron chi connectivity index (χ1n) is 5.78. The molecule has 1 aromatic heterocycles. The third-order valence-electron chi connectivity index (χ3n) is 2.66. The van der Waals surface area contributed by atoms with Gasteiger partial charge >= 0.3 is 0 Å². The highest BCUT2D eigenvalue weighted by Gasteiger charge is 2.12. The predicted octanol–water partition coefficient (Wildman–Crippen LogP) is 3.28. The van der Waals surface area contributed by atoms with Crippen LogP contribution in [0, 0.1) is 11.6 Å². The SMILES string of the molecule is Nc1nc2ccccc2nc1Oc1cc(F)ccc1F. The molecule has 0 aliphatic rings. The number of aromatic nitrogens is 2. The molecule has 0 saturated heterocycles. The van der Waals surface area contributed by atoms with Gasteiger partial charge in [-0.3, -0.25) is 0 Å². The average Bonchev–Trinajstić information content (AvgIpc) is 2.43. The van der Waals surface area contributed by atoms with Crippen molar-refractivity contribution in [2.24, 2.45) is 0 Å². The summed E-state index contributed by atoms with van der Waals surface area (Å²) < 4.78 is 31.8. The summed E-state index contributed by atoms with van der Waals surface area (Å²) in [6.07, 6.45) is 0. The molecule has 0 spiro atoms. The maximum atomic E-state index is 13.5. The van der Waals surface area contributed by atoms with Crippen molar-refractivity contribution in [3.8, 4) is 11.6 Å². The monoisotopic (exact) mass is 273 g/mol. The van der Waals surface area contributed by atoms with Gasteiger partial charge in [-0.05, 0) is 24.3 Å². The second kappa shape index (κ2) is 4.73. The number of halogens is 2. The molecule has 0 radical (unpaired) electrons. The number of anilines is 1. The lowest BCUT2D eigenvalue weighted by molar-refractivity contribution is 0.424. The molecule has 3 aromatic rings. The first kappa shape index (κ1) is 12.3. The molecule has 2 N–H and O–H groups in total. The minimum Gasteiger partial charge on any atom is -0.433 e. The molecule has 0 atom stereocenters. The summed E-state index contributed by atoms with van der Waals surface area (Å²) >= 11 is 0. The van der Waals surface area contributed by atoms with E-state index in [0.717, 1.165) is 18.2 Å². The number of ether oxygens (including phenoxy) is 1. The van der Waals surface area contributed by atoms with E-state index in [-0.39, 0.29) is 17.4 Å². The highest BCUT2D eigenvalue weighted by Crippen LogP contribution is 2.28. The van der Waals surface area contributed by atoms with E-state index in [2.05, 4.69) is 9.97 Å². The van der Waals surface area contributed by atoms with Crippen LogP contribution in [0.3, 0.4) is 0 Å². The predicted molar refractivity (Wildman–Crippen MR) is 70.4 cm³/mol. The second-order valence-electron chi connectivity index (χ2n) is 4.08. The van der Waals surface area contributed by atoms with Crippen LogP contribution in [0.5, 0.6) is 11.6 Å². The summed E-state index contributed by atoms with van der Waals surface area (Å²) in [5, 5.41) is 0. The number of benzene rings is 2. The zero-order valence-corrected chi connectivity index (χ0v) is 10.2. The Morgan fingerprint density at radius 2 is 1.65 bits per heavy atom. The number of nitrogens with zero attached hydrogens (tertiary/aromatic N) is 2. The van der Waals surface area contributed by atoms with Crippen LogP contribution in [0.15, 0.2) is 42.5 Å². The molecule has 0 aliphatic heterocycles. The molecule has 0 bridgehead atoms. The summed E-state index contributed by atoms with van der Waals surface area (Å²) in [7, 11) is 0. The van der Waals surface area contributed by atoms with Crippen LogP contribution in [-0.2, 0) is 0 Å². The lowest BCUT2D eigenvalue weighted by atomic mass is 10.3. The lowest BCUT2D eigenvalue weighted by Gasteiger charge is -2.08. The molecular weight excluding hydrogens is 264 g/mol. The van der Waals surface area contributed by atoms with E-state index in [1.54, 1.807) is 24.3 Å². The fourth-order valence-corrected chi connectivity index (χ4v) is 1.73. The van der Waals surface area contributed by atoms with Crippen LogP contribution in [0.4, 0.5) is 14.6 Å². The van der Waals surface area contributed by atoms with Gasteiger partial charge in [0.15, 0.2) is 17.4 Å². The van der Waals surface area contributed by atoms with Crippen molar-refractivity contribution in [2.45, 2.75) is 0 Å². The van der Waals surface area contributed by atoms with E-state index in [1.165, 1.54) is 0 Å². The number of para-hydroxylation sites is 2. The number of nitrogen functional groups attached to an aromatic ring is 1. The van der Waals surface area contributed by atoms with Gasteiger partial charge < -0.3 is 10.5 Å². The number of rotatable bonds is 2. The van der Waals surface area contributed by atoms with Crippen LogP contribution in [0.25, 0.3) is 11.0 Å². The summed E-state index contributed by atoms with van der Waals surface area (Å²) in [5.74, 6) is -1.67. The van der Waals surface area contributed by atoms with E-state index in [0.29, 0.717) is 11.0 Å². The van der Waals surface area contributed by atoms with Gasteiger partial charge in [-0.25, -0.2) is 18.7 Å². The van der Waals surface area contributed by atoms with Crippen LogP contribution in [0.2, 0.25) is 0 Å². The molecule has 20 heavy (non-hydrogen) atoms. The van der Waals surface area contributed by atoms with Crippen molar-refractivity contribution in [2.75, 3.05) is 5.73 Å². The second-order valence-corrected chi connectivity index (χ2v) is 4.08. The van der Waals surface area contributed by atoms with E-state index in [1.807, 2.05) is 0 Å². The minimum absolute atomic E-state index is 0.00682. The Morgan fingerprint density at radius 1 is 0.950 bits per heavy atom. The molecular formula is C14H9F2N3O. The topological polar surface area (TPSA) is 61.0 Å². The van der Waals surface area contributed by atoms with Gasteiger partial charge in [0.2, 0.25) is 0 Å². The third-order valence-corrected chi connectivity index (χ3v) is 2.66. The zero-order valence-electron chi connectivity index (χ0n) is 10.2. The molecule has 0 unspecified atom stereocenters. The van der Waals surface area contributed by atoms with Crippen molar-refractivity contribution in [3.05, 3.63) is 54.1 Å². The first-order chi connectivity index (χ1) is 9.63. The van der Waals surface area contributed by atoms with Crippen LogP contribution in [-0.4, -0.2) is 9.97 Å². The van der Waals surface area contributed by atoms with E-state index >= 15 is 0 Å². The Morgan fingerprint density at radius 3 is 2.40 bits per heavy atom. The number of hydrogen-bond donors (Lipinski definition) is 1. The highest BCUT2D eigenvalue weighted by atomic mass is 19.1. The molecule has 0 saturated carbocycles. The van der Waals surface area contributed by atoms with Gasteiger partial charge in [0.1, 0.15) is 5.82 Å². The van der Waals surface area contributed by atoms with Crippen LogP contribution in [0.1, 0.15) is 0 Å². The lowest BCUT2D eigenvalue weighted by Crippen LogP contribution is -2.00. The molecule has 6 heteroatoms. The summed E-state index contributed by atoms with van der Waals surface area (Å²) in [5.41, 5.74) is 6.85. The molecule has 0 fully saturated rings. The largest absolute Gasteiger partial charge is 0.433 e. The van der Waals surface area contributed by atoms with Crippen molar-refractivity contribution in [3.63, 3.8) is 0 Å². The van der Waals surface area contributed by atoms with Gasteiger partial charge in [0.05, 0.1) is 11.0 Å². The van der Waals surface area contributed by atoms with Crippen molar-refractivity contribution in [1.82, 2.24) is 9.97 Å². The first-order valence-corrected chi connectivity index (χ1v) is 5.78. The van der Waals surface area contributed by atoms with Crippen molar-refractivity contribution >= 4 is 16.9 Å². The van der Waals surface area contributed by atoms with Gasteiger partial charge in [-0.2, -0.15) is 0 Å². The molecule has 1 heterocycles. The Bertz CT molecular complexity index is 792. The van der Waals surface area contributed by atoms with E-state index < -0.39 is 11.6 Å². The molecule has 100 valence electrons. The Balaban J connectivity index is 2.06. The van der Waals surface area contributed by atoms with E-state index in [9.17, 15) is 8.78 Å². The van der Waals surface area contributed by atoms with Crippen LogP contribution < -0.4 is 10.5 Å². The summed E-state index contributed by atoms with van der Waals surface area (Å²) in [4.78, 5) is 8.24. The maximum Gasteiger partial charge on any atom is 0.263 e. The molecule has 3 rings (SSSR count). The standard InChI is InChI=1S/C14H9F2N3O/c15-8-5-6-9(16)12(7-8)20-14-13(17)18-10-3-1-2-4-11(10)19-14/h1-7H,(H2,17,18). The molecule has 4 nitrogen and oxygen atoms in total. The quantitative estimate of drug-likeness (QED) is 0.778. The number of hydrogen-bond acceptors (Lipinski definition) is 4. The van der Waals surface area contributed by atoms with Crippen molar-refractivity contribution < 1.29 is 13.5 Å². The maximum absolute atomic E-state index is 13.5. The minimum atomic E-state index is -0.708. The molecule has 0 amide bonds. The van der Waals surface area contributed by atoms with Gasteiger partial charge in [0.25, 0.3) is 5.88 Å². The van der Waals surface area contributed by atoms with Gasteiger partial charge in [-0.15, -0.1) is 0 Å². The summed E-state index contributed by atoms with van der Waals surface area (Å²) in [6, 6.07) is 9.92. The molecule has 2 aromatic carbocycles. The van der Waals surface area contributed by atoms with Gasteiger partial charge in [0, 0.05) is 6.07 Å². The highest BCUT2D eigenvalue weighted by molar-refractivity contribution is 5.76.